The second-order valence-electron chi connectivity index (χ2n) is 6.69. The molecule has 2 aromatic heterocycles. The molecular formula is C20H19F3N4O2S. The Kier molecular flexibility index (Phi) is 6.25. The molecule has 0 aliphatic carbocycles. The molecule has 0 saturated carbocycles. The van der Waals surface area contributed by atoms with E-state index in [1.807, 2.05) is 36.7 Å². The summed E-state index contributed by atoms with van der Waals surface area (Å²) in [6, 6.07) is 7.58. The van der Waals surface area contributed by atoms with Gasteiger partial charge in [-0.1, -0.05) is 6.07 Å². The normalized spacial score (nSPS) is 12.4. The third kappa shape index (κ3) is 5.07. The van der Waals surface area contributed by atoms with Gasteiger partial charge in [0.2, 0.25) is 0 Å². The van der Waals surface area contributed by atoms with Crippen LogP contribution in [0.2, 0.25) is 0 Å². The first kappa shape index (κ1) is 21.6. The SMILES string of the molecule is Cc1cc(C)n([C@H](CNC(=O)C(=O)Nc2cccc(C(F)(F)F)c2)c2ccsc2)n1. The molecule has 1 aromatic carbocycles. The number of benzene rings is 1. The van der Waals surface area contributed by atoms with Gasteiger partial charge in [-0.2, -0.15) is 29.6 Å². The zero-order valence-corrected chi connectivity index (χ0v) is 17.0. The van der Waals surface area contributed by atoms with Crippen LogP contribution in [0.3, 0.4) is 0 Å². The molecule has 158 valence electrons. The van der Waals surface area contributed by atoms with Gasteiger partial charge in [-0.25, -0.2) is 0 Å². The van der Waals surface area contributed by atoms with Crippen molar-refractivity contribution >= 4 is 28.8 Å². The van der Waals surface area contributed by atoms with Crippen LogP contribution in [0.1, 0.15) is 28.6 Å². The minimum Gasteiger partial charge on any atom is -0.345 e. The molecule has 0 spiro atoms. The highest BCUT2D eigenvalue weighted by Crippen LogP contribution is 2.30. The lowest BCUT2D eigenvalue weighted by atomic mass is 10.1. The number of amides is 2. The Hall–Kier alpha value is -3.14. The standard InChI is InChI=1S/C20H19F3N4O2S/c1-12-8-13(2)27(26-12)17(14-6-7-30-11-14)10-24-18(28)19(29)25-16-5-3-4-15(9-16)20(21,22)23/h3-9,11,17H,10H2,1-2H3,(H,24,28)(H,25,29)/t17-/m1/s1. The average Bonchev–Trinajstić information content (AvgIpc) is 3.31. The number of carbonyl (C=O) groups is 2. The molecule has 0 saturated heterocycles. The molecule has 0 fully saturated rings. The maximum Gasteiger partial charge on any atom is 0.416 e. The minimum absolute atomic E-state index is 0.0908. The molecular weight excluding hydrogens is 417 g/mol. The van der Waals surface area contributed by atoms with Crippen molar-refractivity contribution in [2.24, 2.45) is 0 Å². The maximum atomic E-state index is 12.8. The summed E-state index contributed by atoms with van der Waals surface area (Å²) in [6.45, 7) is 3.84. The fourth-order valence-electron chi connectivity index (χ4n) is 3.00. The lowest BCUT2D eigenvalue weighted by Gasteiger charge is -2.19. The molecule has 0 unspecified atom stereocenters. The van der Waals surface area contributed by atoms with E-state index in [9.17, 15) is 22.8 Å². The number of carbonyl (C=O) groups excluding carboxylic acids is 2. The highest BCUT2D eigenvalue weighted by Gasteiger charge is 2.30. The zero-order chi connectivity index (χ0) is 21.9. The van der Waals surface area contributed by atoms with Gasteiger partial charge in [0.1, 0.15) is 0 Å². The third-order valence-electron chi connectivity index (χ3n) is 4.38. The summed E-state index contributed by atoms with van der Waals surface area (Å²) in [4.78, 5) is 24.4. The summed E-state index contributed by atoms with van der Waals surface area (Å²) in [5.74, 6) is -2.00. The van der Waals surface area contributed by atoms with E-state index in [2.05, 4.69) is 15.7 Å². The van der Waals surface area contributed by atoms with Crippen molar-refractivity contribution < 1.29 is 22.8 Å². The van der Waals surface area contributed by atoms with Gasteiger partial charge in [0.25, 0.3) is 0 Å². The second kappa shape index (κ2) is 8.70. The van der Waals surface area contributed by atoms with Crippen molar-refractivity contribution in [3.05, 3.63) is 69.7 Å². The third-order valence-corrected chi connectivity index (χ3v) is 5.08. The number of rotatable bonds is 5. The van der Waals surface area contributed by atoms with Crippen LogP contribution in [-0.2, 0) is 15.8 Å². The van der Waals surface area contributed by atoms with Gasteiger partial charge >= 0.3 is 18.0 Å². The van der Waals surface area contributed by atoms with Crippen LogP contribution in [0.15, 0.2) is 47.2 Å². The molecule has 3 aromatic rings. The van der Waals surface area contributed by atoms with Crippen LogP contribution < -0.4 is 10.6 Å². The van der Waals surface area contributed by atoms with Crippen LogP contribution in [-0.4, -0.2) is 28.1 Å². The predicted octanol–water partition coefficient (Wildman–Crippen LogP) is 3.92. The van der Waals surface area contributed by atoms with Crippen molar-refractivity contribution in [3.8, 4) is 0 Å². The Labute approximate surface area is 174 Å². The molecule has 30 heavy (non-hydrogen) atoms. The monoisotopic (exact) mass is 436 g/mol. The Morgan fingerprint density at radius 1 is 1.17 bits per heavy atom. The number of thiophene rings is 1. The van der Waals surface area contributed by atoms with Crippen LogP contribution in [0, 0.1) is 13.8 Å². The van der Waals surface area contributed by atoms with Gasteiger partial charge in [0.15, 0.2) is 0 Å². The molecule has 2 N–H and O–H groups in total. The van der Waals surface area contributed by atoms with E-state index in [1.165, 1.54) is 17.4 Å². The smallest absolute Gasteiger partial charge is 0.345 e. The van der Waals surface area contributed by atoms with Crippen molar-refractivity contribution in [1.82, 2.24) is 15.1 Å². The highest BCUT2D eigenvalue weighted by molar-refractivity contribution is 7.08. The number of halogens is 3. The number of alkyl halides is 3. The minimum atomic E-state index is -4.55. The van der Waals surface area contributed by atoms with Crippen LogP contribution in [0.4, 0.5) is 18.9 Å². The van der Waals surface area contributed by atoms with Gasteiger partial charge in [-0.3, -0.25) is 14.3 Å². The van der Waals surface area contributed by atoms with Crippen molar-refractivity contribution in [2.75, 3.05) is 11.9 Å². The number of nitrogens with zero attached hydrogens (tertiary/aromatic N) is 2. The molecule has 3 rings (SSSR count). The van der Waals surface area contributed by atoms with E-state index in [0.717, 1.165) is 35.2 Å². The Balaban J connectivity index is 1.68. The highest BCUT2D eigenvalue weighted by atomic mass is 32.1. The van der Waals surface area contributed by atoms with Crippen LogP contribution in [0.25, 0.3) is 0 Å². The predicted molar refractivity (Wildman–Crippen MR) is 107 cm³/mol. The molecule has 0 aliphatic heterocycles. The Morgan fingerprint density at radius 2 is 1.93 bits per heavy atom. The molecule has 1 atom stereocenters. The van der Waals surface area contributed by atoms with Gasteiger partial charge < -0.3 is 10.6 Å². The number of aryl methyl sites for hydroxylation is 2. The number of nitrogens with one attached hydrogen (secondary N) is 2. The molecule has 10 heteroatoms. The molecule has 2 amide bonds. The summed E-state index contributed by atoms with van der Waals surface area (Å²) in [6.07, 6.45) is -4.55. The maximum absolute atomic E-state index is 12.8. The summed E-state index contributed by atoms with van der Waals surface area (Å²) < 4.78 is 40.2. The van der Waals surface area contributed by atoms with Crippen molar-refractivity contribution in [2.45, 2.75) is 26.1 Å². The average molecular weight is 436 g/mol. The fourth-order valence-corrected chi connectivity index (χ4v) is 3.71. The Morgan fingerprint density at radius 3 is 2.53 bits per heavy atom. The molecule has 2 heterocycles. The number of hydrogen-bond donors (Lipinski definition) is 2. The largest absolute Gasteiger partial charge is 0.416 e. The first-order valence-corrected chi connectivity index (χ1v) is 9.90. The van der Waals surface area contributed by atoms with Gasteiger partial charge in [-0.05, 0) is 60.5 Å². The second-order valence-corrected chi connectivity index (χ2v) is 7.47. The number of anilines is 1. The molecule has 6 nitrogen and oxygen atoms in total. The summed E-state index contributed by atoms with van der Waals surface area (Å²) in [7, 11) is 0. The van der Waals surface area contributed by atoms with E-state index >= 15 is 0 Å². The van der Waals surface area contributed by atoms with E-state index in [1.54, 1.807) is 4.68 Å². The van der Waals surface area contributed by atoms with Gasteiger partial charge in [0.05, 0.1) is 17.3 Å². The first-order valence-electron chi connectivity index (χ1n) is 8.96. The lowest BCUT2D eigenvalue weighted by Crippen LogP contribution is -2.39. The van der Waals surface area contributed by atoms with Gasteiger partial charge in [0, 0.05) is 17.9 Å². The fraction of sp³-hybridized carbons (Fsp3) is 0.250. The quantitative estimate of drug-likeness (QED) is 0.595. The summed E-state index contributed by atoms with van der Waals surface area (Å²) in [5.41, 5.74) is 1.61. The van der Waals surface area contributed by atoms with Crippen molar-refractivity contribution in [3.63, 3.8) is 0 Å². The van der Waals surface area contributed by atoms with E-state index in [-0.39, 0.29) is 18.3 Å². The van der Waals surface area contributed by atoms with E-state index in [4.69, 9.17) is 0 Å². The Bertz CT molecular complexity index is 1040. The summed E-state index contributed by atoms with van der Waals surface area (Å²) >= 11 is 1.50. The first-order chi connectivity index (χ1) is 14.1. The molecule has 0 aliphatic rings. The van der Waals surface area contributed by atoms with Crippen molar-refractivity contribution in [1.29, 1.82) is 0 Å². The zero-order valence-electron chi connectivity index (χ0n) is 16.2. The number of aromatic nitrogens is 2. The topological polar surface area (TPSA) is 76.0 Å². The van der Waals surface area contributed by atoms with Gasteiger partial charge in [-0.15, -0.1) is 0 Å². The van der Waals surface area contributed by atoms with E-state index < -0.39 is 23.6 Å². The van der Waals surface area contributed by atoms with E-state index in [0.29, 0.717) is 0 Å². The summed E-state index contributed by atoms with van der Waals surface area (Å²) in [5, 5.41) is 13.0. The van der Waals surface area contributed by atoms with Crippen LogP contribution >= 0.6 is 11.3 Å². The molecule has 0 bridgehead atoms. The lowest BCUT2D eigenvalue weighted by molar-refractivity contribution is -0.137. The molecule has 0 radical (unpaired) electrons. The van der Waals surface area contributed by atoms with Crippen LogP contribution in [0.5, 0.6) is 0 Å². The number of hydrogen-bond acceptors (Lipinski definition) is 4.